The van der Waals surface area contributed by atoms with Gasteiger partial charge in [-0.3, -0.25) is 10.2 Å². The number of methoxy groups -OCH3 is 1. The third-order valence-electron chi connectivity index (χ3n) is 6.17. The monoisotopic (exact) mass is 464 g/mol. The number of rotatable bonds is 6. The molecule has 1 fully saturated rings. The Hall–Kier alpha value is -3.17. The number of amidine groups is 1. The molecule has 9 heteroatoms. The third-order valence-corrected chi connectivity index (χ3v) is 7.13. The summed E-state index contributed by atoms with van der Waals surface area (Å²) in [5.41, 5.74) is 10.4. The number of carbonyl (C=O) groups is 1. The highest BCUT2D eigenvalue weighted by molar-refractivity contribution is 8.14. The van der Waals surface area contributed by atoms with Crippen molar-refractivity contribution in [1.29, 1.82) is 0 Å². The molecule has 172 valence electrons. The van der Waals surface area contributed by atoms with E-state index < -0.39 is 0 Å². The Morgan fingerprint density at radius 2 is 1.97 bits per heavy atom. The summed E-state index contributed by atoms with van der Waals surface area (Å²) in [6.07, 6.45) is 5.03. The first-order valence-electron chi connectivity index (χ1n) is 11.0. The van der Waals surface area contributed by atoms with E-state index in [4.69, 9.17) is 4.74 Å². The van der Waals surface area contributed by atoms with Gasteiger partial charge in [-0.1, -0.05) is 53.7 Å². The van der Waals surface area contributed by atoms with Crippen molar-refractivity contribution in [2.75, 3.05) is 12.9 Å². The lowest BCUT2D eigenvalue weighted by Crippen LogP contribution is -2.54. The fraction of sp³-hybridized carbons (Fsp3) is 0.333. The highest BCUT2D eigenvalue weighted by Gasteiger charge is 2.44. The predicted molar refractivity (Wildman–Crippen MR) is 130 cm³/mol. The average molecular weight is 465 g/mol. The average Bonchev–Trinajstić information content (AvgIpc) is 3.46. The number of aryl methyl sites for hydroxylation is 1. The largest absolute Gasteiger partial charge is 0.497 e. The molecule has 3 aliphatic heterocycles. The molecule has 0 saturated carbocycles. The van der Waals surface area contributed by atoms with Crippen LogP contribution < -0.4 is 20.9 Å². The van der Waals surface area contributed by atoms with Crippen molar-refractivity contribution < 1.29 is 9.53 Å². The molecule has 3 atom stereocenters. The summed E-state index contributed by atoms with van der Waals surface area (Å²) in [6, 6.07) is 16.8. The summed E-state index contributed by atoms with van der Waals surface area (Å²) >= 11 is 1.45. The molecule has 0 aromatic heterocycles. The third kappa shape index (κ3) is 4.65. The van der Waals surface area contributed by atoms with Crippen LogP contribution in [0.2, 0.25) is 0 Å². The molecule has 0 radical (unpaired) electrons. The van der Waals surface area contributed by atoms with Crippen molar-refractivity contribution in [2.24, 2.45) is 5.10 Å². The molecule has 5 rings (SSSR count). The quantitative estimate of drug-likeness (QED) is 0.606. The number of hydrogen-bond acceptors (Lipinski definition) is 8. The minimum atomic E-state index is -0.00329. The highest BCUT2D eigenvalue weighted by Crippen LogP contribution is 2.35. The van der Waals surface area contributed by atoms with Gasteiger partial charge >= 0.3 is 0 Å². The zero-order valence-corrected chi connectivity index (χ0v) is 19.5. The number of thioether (sulfide) groups is 1. The Labute approximate surface area is 198 Å². The Morgan fingerprint density at radius 3 is 2.73 bits per heavy atom. The number of nitrogens with one attached hydrogen (secondary N) is 3. The van der Waals surface area contributed by atoms with E-state index in [-0.39, 0.29) is 24.2 Å². The number of benzene rings is 2. The summed E-state index contributed by atoms with van der Waals surface area (Å²) in [5, 5.41) is 10.5. The maximum absolute atomic E-state index is 12.4. The molecule has 1 amide bonds. The molecule has 3 aliphatic rings. The van der Waals surface area contributed by atoms with Crippen LogP contribution in [0.4, 0.5) is 0 Å². The Bertz CT molecular complexity index is 1060. The van der Waals surface area contributed by atoms with Crippen LogP contribution in [0.5, 0.6) is 5.75 Å². The van der Waals surface area contributed by atoms with Crippen molar-refractivity contribution >= 4 is 22.8 Å². The van der Waals surface area contributed by atoms with E-state index in [9.17, 15) is 4.79 Å². The van der Waals surface area contributed by atoms with Crippen LogP contribution in [0.1, 0.15) is 29.2 Å². The predicted octanol–water partition coefficient (Wildman–Crippen LogP) is 2.66. The molecule has 0 aliphatic carbocycles. The van der Waals surface area contributed by atoms with Crippen molar-refractivity contribution in [3.05, 3.63) is 77.6 Å². The van der Waals surface area contributed by atoms with E-state index in [1.807, 2.05) is 36.7 Å². The Kier molecular flexibility index (Phi) is 6.15. The number of hydrogen-bond donors (Lipinski definition) is 3. The minimum absolute atomic E-state index is 0.00329. The first kappa shape index (κ1) is 21.7. The summed E-state index contributed by atoms with van der Waals surface area (Å²) < 4.78 is 5.27. The lowest BCUT2D eigenvalue weighted by molar-refractivity contribution is -0.118. The molecule has 3 unspecified atom stereocenters. The van der Waals surface area contributed by atoms with Gasteiger partial charge in [-0.15, -0.1) is 0 Å². The SMILES string of the molecule is COc1ccc(C2CC3C4NN=C(SCC(=O)NCc5ccc(C)cc5)N4C=CN3N2)cc1. The smallest absolute Gasteiger partial charge is 0.230 e. The first-order valence-corrected chi connectivity index (χ1v) is 12.0. The van der Waals surface area contributed by atoms with E-state index in [1.54, 1.807) is 7.11 Å². The fourth-order valence-electron chi connectivity index (χ4n) is 4.29. The lowest BCUT2D eigenvalue weighted by Gasteiger charge is -2.36. The van der Waals surface area contributed by atoms with Crippen LogP contribution in [0.3, 0.4) is 0 Å². The van der Waals surface area contributed by atoms with Gasteiger partial charge in [0.25, 0.3) is 0 Å². The number of hydrazone groups is 1. The van der Waals surface area contributed by atoms with Gasteiger partial charge in [-0.2, -0.15) is 5.10 Å². The maximum atomic E-state index is 12.4. The lowest BCUT2D eigenvalue weighted by atomic mass is 10.00. The molecule has 3 N–H and O–H groups in total. The standard InChI is InChI=1S/C24H28N6O2S/c1-16-3-5-17(6-4-16)14-25-22(31)15-33-24-27-26-23-21-13-20(28-30(21)12-11-29(23)24)18-7-9-19(32-2)10-8-18/h3-12,20-21,23,26,28H,13-15H2,1-2H3,(H,25,31). The van der Waals surface area contributed by atoms with Crippen molar-refractivity contribution in [2.45, 2.75) is 38.1 Å². The normalized spacial score (nSPS) is 23.0. The van der Waals surface area contributed by atoms with Crippen LogP contribution in [0.25, 0.3) is 0 Å². The first-order chi connectivity index (χ1) is 16.1. The molecule has 8 nitrogen and oxygen atoms in total. The topological polar surface area (TPSA) is 81.2 Å². The van der Waals surface area contributed by atoms with Gasteiger partial charge in [0, 0.05) is 18.9 Å². The van der Waals surface area contributed by atoms with E-state index in [0.717, 1.165) is 22.9 Å². The summed E-state index contributed by atoms with van der Waals surface area (Å²) in [5.74, 6) is 1.18. The number of ether oxygens (including phenoxy) is 1. The van der Waals surface area contributed by atoms with Gasteiger partial charge < -0.3 is 20.0 Å². The summed E-state index contributed by atoms with van der Waals surface area (Å²) in [7, 11) is 1.68. The van der Waals surface area contributed by atoms with Crippen molar-refractivity contribution in [3.63, 3.8) is 0 Å². The molecule has 2 aromatic rings. The van der Waals surface area contributed by atoms with Crippen molar-refractivity contribution in [3.8, 4) is 5.75 Å². The second-order valence-corrected chi connectivity index (χ2v) is 9.33. The Balaban J connectivity index is 1.13. The van der Waals surface area contributed by atoms with Gasteiger partial charge in [-0.05, 0) is 36.6 Å². The van der Waals surface area contributed by atoms with E-state index in [0.29, 0.717) is 12.3 Å². The van der Waals surface area contributed by atoms with Crippen LogP contribution in [0.15, 0.2) is 66.0 Å². The number of carbonyl (C=O) groups excluding carboxylic acids is 1. The van der Waals surface area contributed by atoms with E-state index in [1.165, 1.54) is 22.9 Å². The van der Waals surface area contributed by atoms with Gasteiger partial charge in [0.15, 0.2) is 5.17 Å². The van der Waals surface area contributed by atoms with Crippen LogP contribution >= 0.6 is 11.8 Å². The molecule has 1 saturated heterocycles. The Morgan fingerprint density at radius 1 is 1.18 bits per heavy atom. The van der Waals surface area contributed by atoms with E-state index in [2.05, 4.69) is 62.4 Å². The number of amides is 1. The zero-order valence-electron chi connectivity index (χ0n) is 18.7. The maximum Gasteiger partial charge on any atom is 0.230 e. The fourth-order valence-corrected chi connectivity index (χ4v) is 5.09. The second kappa shape index (κ2) is 9.36. The van der Waals surface area contributed by atoms with E-state index >= 15 is 0 Å². The molecule has 33 heavy (non-hydrogen) atoms. The molecule has 2 aromatic carbocycles. The molecular weight excluding hydrogens is 436 g/mol. The second-order valence-electron chi connectivity index (χ2n) is 8.39. The molecule has 0 bridgehead atoms. The van der Waals surface area contributed by atoms with Crippen LogP contribution in [0, 0.1) is 6.92 Å². The van der Waals surface area contributed by atoms with Gasteiger partial charge in [-0.25, -0.2) is 5.43 Å². The highest BCUT2D eigenvalue weighted by atomic mass is 32.2. The van der Waals surface area contributed by atoms with Gasteiger partial charge in [0.05, 0.1) is 24.9 Å². The van der Waals surface area contributed by atoms with Crippen LogP contribution in [-0.4, -0.2) is 46.1 Å². The number of nitrogens with zero attached hydrogens (tertiary/aromatic N) is 3. The number of fused-ring (bicyclic) bond motifs is 3. The molecule has 0 spiro atoms. The summed E-state index contributed by atoms with van der Waals surface area (Å²) in [6.45, 7) is 2.59. The van der Waals surface area contributed by atoms with Crippen LogP contribution in [-0.2, 0) is 11.3 Å². The number of hydrazine groups is 1. The summed E-state index contributed by atoms with van der Waals surface area (Å²) in [4.78, 5) is 14.5. The zero-order chi connectivity index (χ0) is 22.8. The molecule has 3 heterocycles. The van der Waals surface area contributed by atoms with Gasteiger partial charge in [0.2, 0.25) is 5.91 Å². The minimum Gasteiger partial charge on any atom is -0.497 e. The van der Waals surface area contributed by atoms with Gasteiger partial charge in [0.1, 0.15) is 11.9 Å². The van der Waals surface area contributed by atoms with Crippen molar-refractivity contribution in [1.82, 2.24) is 26.1 Å². The molecular formula is C24H28N6O2S.